The van der Waals surface area contributed by atoms with Crippen LogP contribution in [-0.2, 0) is 0 Å². The first-order valence-electron chi connectivity index (χ1n) is 35.4. The van der Waals surface area contributed by atoms with E-state index in [1.165, 1.54) is 172 Å². The molecule has 18 rings (SSSR count). The molecule has 103 heavy (non-hydrogen) atoms. The molecular formula is C96H94N4S3. The van der Waals surface area contributed by atoms with Crippen molar-refractivity contribution in [1.29, 1.82) is 0 Å². The molecule has 0 aliphatic carbocycles. The summed E-state index contributed by atoms with van der Waals surface area (Å²) in [5, 5.41) is 13.3. The van der Waals surface area contributed by atoms with Crippen LogP contribution in [0.25, 0.3) is 102 Å². The predicted octanol–water partition coefficient (Wildman–Crippen LogP) is 28.4. The first-order chi connectivity index (χ1) is 49.6. The van der Waals surface area contributed by atoms with Crippen molar-refractivity contribution in [3.8, 4) is 16.8 Å². The second-order valence-electron chi connectivity index (χ2n) is 27.2. The quantitative estimate of drug-likeness (QED) is 0.175. The summed E-state index contributed by atoms with van der Waals surface area (Å²) in [5.41, 5.74) is 23.8. The number of hydrogen-bond acceptors (Lipinski definition) is 5. The number of pyridine rings is 2. The van der Waals surface area contributed by atoms with E-state index in [2.05, 4.69) is 364 Å². The maximum Gasteiger partial charge on any atom is 0.0705 e. The minimum atomic E-state index is 1.08. The van der Waals surface area contributed by atoms with E-state index in [1.807, 2.05) is 73.1 Å². The van der Waals surface area contributed by atoms with Crippen molar-refractivity contribution >= 4 is 119 Å². The molecule has 7 aromatic heterocycles. The Labute approximate surface area is 621 Å². The van der Waals surface area contributed by atoms with E-state index in [4.69, 9.17) is 0 Å². The van der Waals surface area contributed by atoms with E-state index in [-0.39, 0.29) is 0 Å². The molecular weight excluding hydrogens is 1310 g/mol. The molecule has 0 radical (unpaired) electrons. The lowest BCUT2D eigenvalue weighted by Gasteiger charge is -2.07. The highest BCUT2D eigenvalue weighted by Gasteiger charge is 2.13. The summed E-state index contributed by atoms with van der Waals surface area (Å²) in [6, 6.07) is 95.1. The second-order valence-corrected chi connectivity index (χ2v) is 31.3. The summed E-state index contributed by atoms with van der Waals surface area (Å²) in [5.74, 6) is 0. The van der Waals surface area contributed by atoms with Gasteiger partial charge in [-0.2, -0.15) is 0 Å². The van der Waals surface area contributed by atoms with E-state index < -0.39 is 0 Å². The van der Waals surface area contributed by atoms with Gasteiger partial charge in [0.05, 0.1) is 16.6 Å². The largest absolute Gasteiger partial charge is 0.358 e. The van der Waals surface area contributed by atoms with Crippen LogP contribution in [0.15, 0.2) is 273 Å². The number of aromatic nitrogens is 4. The maximum atomic E-state index is 4.42. The van der Waals surface area contributed by atoms with Gasteiger partial charge in [-0.1, -0.05) is 209 Å². The molecule has 7 heterocycles. The van der Waals surface area contributed by atoms with Gasteiger partial charge in [-0.15, -0.1) is 34.0 Å². The van der Waals surface area contributed by atoms with Crippen LogP contribution in [0, 0.1) is 111 Å². The first kappa shape index (κ1) is 73.7. The summed E-state index contributed by atoms with van der Waals surface area (Å²) in [7, 11) is 0. The minimum Gasteiger partial charge on any atom is -0.358 e. The molecule has 0 fully saturated rings. The van der Waals surface area contributed by atoms with Crippen LogP contribution in [0.2, 0.25) is 0 Å². The standard InChI is InChI=1S/C20H17N.C16H15N.C16H14.C12H12.C11H11N.C8H8S2.C7H9N.C6H8S/c1-14-8-10-19-17(12-14)18-13-15(2)9-11-20(18)21(19)16-6-4-3-5-7-16;1-11-7-9-13(10-8-11)16-12(2)17-15-6-4-3-5-14(15)16;1-11-3-7-15-13(9-11)5-6-14-10-12(2)4-8-16(14)15;1-9-5-3-8-12-10(2)6-4-7-11(9)12;1-8-3-6-11-10(7-8)5-4-9(2)12-11;1-5-3-7-8(9-5)4-6(2)10-7;1-6-3-4-7(2)8-5-6;1-5-3-4-6(2)7-5/h3-13H,1-2H3;3-10,17H,1-2H3;3-10H,1-2H3;3-8H,1-2H3;3-7H,1-2H3;3-4H,1-2H3;3-5H,1-2H3;3-4H,1-2H3. The summed E-state index contributed by atoms with van der Waals surface area (Å²) in [4.78, 5) is 17.6. The molecule has 0 aliphatic rings. The number of nitrogens with zero attached hydrogens (tertiary/aromatic N) is 3. The van der Waals surface area contributed by atoms with Crippen LogP contribution in [0.3, 0.4) is 0 Å². The van der Waals surface area contributed by atoms with Gasteiger partial charge in [0.1, 0.15) is 0 Å². The lowest BCUT2D eigenvalue weighted by molar-refractivity contribution is 1.17. The van der Waals surface area contributed by atoms with Crippen LogP contribution in [0.5, 0.6) is 0 Å². The number of thiophene rings is 3. The van der Waals surface area contributed by atoms with Crippen molar-refractivity contribution in [1.82, 2.24) is 19.5 Å². The van der Waals surface area contributed by atoms with Gasteiger partial charge in [-0.05, 0) is 256 Å². The van der Waals surface area contributed by atoms with Crippen molar-refractivity contribution in [3.63, 3.8) is 0 Å². The molecule has 18 aromatic rings. The number of hydrogen-bond donors (Lipinski definition) is 1. The summed E-state index contributed by atoms with van der Waals surface area (Å²) >= 11 is 5.61. The van der Waals surface area contributed by atoms with E-state index in [9.17, 15) is 0 Å². The van der Waals surface area contributed by atoms with Crippen LogP contribution < -0.4 is 0 Å². The molecule has 0 amide bonds. The van der Waals surface area contributed by atoms with Gasteiger partial charge in [0.2, 0.25) is 0 Å². The molecule has 0 bridgehead atoms. The molecule has 0 aliphatic heterocycles. The van der Waals surface area contributed by atoms with Crippen molar-refractivity contribution in [2.75, 3.05) is 0 Å². The van der Waals surface area contributed by atoms with Crippen LogP contribution in [0.1, 0.15) is 86.7 Å². The molecule has 0 spiro atoms. The summed E-state index contributed by atoms with van der Waals surface area (Å²) < 4.78 is 5.24. The van der Waals surface area contributed by atoms with Crippen molar-refractivity contribution < 1.29 is 0 Å². The Hall–Kier alpha value is -10.5. The smallest absolute Gasteiger partial charge is 0.0705 e. The topological polar surface area (TPSA) is 46.5 Å². The second kappa shape index (κ2) is 34.0. The Morgan fingerprint density at radius 2 is 0.757 bits per heavy atom. The van der Waals surface area contributed by atoms with Crippen molar-refractivity contribution in [2.45, 2.75) is 111 Å². The number of aryl methyl sites for hydroxylation is 16. The van der Waals surface area contributed by atoms with Crippen LogP contribution in [-0.4, -0.2) is 19.5 Å². The zero-order valence-corrected chi connectivity index (χ0v) is 65.0. The third-order valence-corrected chi connectivity index (χ3v) is 21.2. The molecule has 11 aromatic carbocycles. The first-order valence-corrected chi connectivity index (χ1v) is 37.8. The number of para-hydroxylation sites is 2. The van der Waals surface area contributed by atoms with E-state index in [1.54, 1.807) is 0 Å². The van der Waals surface area contributed by atoms with Gasteiger partial charge in [0.25, 0.3) is 0 Å². The maximum absolute atomic E-state index is 4.42. The molecule has 0 saturated heterocycles. The normalized spacial score (nSPS) is 10.7. The molecule has 4 nitrogen and oxygen atoms in total. The SMILES string of the molecule is Cc1cc2sc(C)cc2s1.Cc1ccc(-c2c(C)[nH]c3ccccc23)cc1.Cc1ccc(C)nc1.Cc1ccc(C)s1.Cc1ccc2c(c1)c1cc(C)ccc1n2-c1ccccc1.Cc1ccc2c(ccc3cc(C)ccc32)c1.Cc1ccc2nc(C)ccc2c1.Cc1cccc2c(C)cccc12. The zero-order chi connectivity index (χ0) is 72.8. The zero-order valence-electron chi connectivity index (χ0n) is 62.5. The highest BCUT2D eigenvalue weighted by Crippen LogP contribution is 2.36. The van der Waals surface area contributed by atoms with Gasteiger partial charge in [0.15, 0.2) is 0 Å². The van der Waals surface area contributed by atoms with Gasteiger partial charge in [0, 0.05) is 90.5 Å². The molecule has 1 N–H and O–H groups in total. The van der Waals surface area contributed by atoms with Gasteiger partial charge in [-0.3, -0.25) is 9.97 Å². The highest BCUT2D eigenvalue weighted by atomic mass is 32.1. The average molecular weight is 1400 g/mol. The molecule has 516 valence electrons. The summed E-state index contributed by atoms with van der Waals surface area (Å²) in [6.07, 6.45) is 1.87. The third kappa shape index (κ3) is 19.0. The Balaban J connectivity index is 0.000000121. The van der Waals surface area contributed by atoms with E-state index in [0.717, 1.165) is 16.9 Å². The lowest BCUT2D eigenvalue weighted by Crippen LogP contribution is -1.92. The molecule has 7 heteroatoms. The van der Waals surface area contributed by atoms with Gasteiger partial charge >= 0.3 is 0 Å². The molecule has 0 saturated carbocycles. The van der Waals surface area contributed by atoms with Crippen LogP contribution >= 0.6 is 34.0 Å². The fraction of sp³-hybridized carbons (Fsp3) is 0.167. The van der Waals surface area contributed by atoms with E-state index in [0.29, 0.717) is 0 Å². The number of benzene rings is 11. The predicted molar refractivity (Wildman–Crippen MR) is 456 cm³/mol. The molecule has 0 atom stereocenters. The Bertz CT molecular complexity index is 5580. The number of fused-ring (bicyclic) bond motifs is 10. The minimum absolute atomic E-state index is 1.08. The van der Waals surface area contributed by atoms with E-state index >= 15 is 0 Å². The van der Waals surface area contributed by atoms with Crippen molar-refractivity contribution in [3.05, 3.63) is 360 Å². The highest BCUT2D eigenvalue weighted by molar-refractivity contribution is 7.27. The van der Waals surface area contributed by atoms with Gasteiger partial charge < -0.3 is 9.55 Å². The Morgan fingerprint density at radius 1 is 0.301 bits per heavy atom. The van der Waals surface area contributed by atoms with Crippen LogP contribution in [0.4, 0.5) is 0 Å². The lowest BCUT2D eigenvalue weighted by atomic mass is 9.99. The fourth-order valence-corrected chi connectivity index (χ4v) is 15.9. The molecule has 0 unspecified atom stereocenters. The van der Waals surface area contributed by atoms with Gasteiger partial charge in [-0.25, -0.2) is 0 Å². The average Bonchev–Trinajstić information content (AvgIpc) is 1.62. The van der Waals surface area contributed by atoms with Crippen molar-refractivity contribution in [2.24, 2.45) is 0 Å². The monoisotopic (exact) mass is 1400 g/mol. The number of H-pyrrole nitrogens is 1. The Kier molecular flexibility index (Phi) is 24.3. The number of aromatic amines is 1. The Morgan fingerprint density at radius 3 is 1.27 bits per heavy atom. The summed E-state index contributed by atoms with van der Waals surface area (Å²) in [6.45, 7) is 33.8. The third-order valence-electron chi connectivity index (χ3n) is 18.2. The number of nitrogens with one attached hydrogen (secondary N) is 1. The number of rotatable bonds is 2. The fourth-order valence-electron chi connectivity index (χ4n) is 12.9.